The first kappa shape index (κ1) is 32.2. The number of rotatable bonds is 6. The van der Waals surface area contributed by atoms with Gasteiger partial charge in [0.25, 0.3) is 0 Å². The third kappa shape index (κ3) is 5.38. The first-order valence-corrected chi connectivity index (χ1v) is 19.5. The lowest BCUT2D eigenvalue weighted by Gasteiger charge is -2.11. The van der Waals surface area contributed by atoms with E-state index in [1.54, 1.807) is 11.3 Å². The van der Waals surface area contributed by atoms with Gasteiger partial charge in [-0.3, -0.25) is 0 Å². The first-order valence-electron chi connectivity index (χ1n) is 18.6. The van der Waals surface area contributed by atoms with Crippen LogP contribution in [0.3, 0.4) is 0 Å². The topological polar surface area (TPSA) is 56.5 Å². The third-order valence-electron chi connectivity index (χ3n) is 10.5. The smallest absolute Gasteiger partial charge is 0.164 e. The number of fused-ring (bicyclic) bond motifs is 7. The Balaban J connectivity index is 1.11. The van der Waals surface area contributed by atoms with Crippen molar-refractivity contribution < 1.29 is 0 Å². The fourth-order valence-corrected chi connectivity index (χ4v) is 9.20. The maximum absolute atomic E-state index is 5.25. The van der Waals surface area contributed by atoms with Crippen LogP contribution in [0.5, 0.6) is 0 Å². The van der Waals surface area contributed by atoms with E-state index in [-0.39, 0.29) is 0 Å². The van der Waals surface area contributed by atoms with Crippen LogP contribution in [0.15, 0.2) is 188 Å². The molecule has 0 saturated carbocycles. The van der Waals surface area contributed by atoms with Crippen LogP contribution in [0.25, 0.3) is 104 Å². The average molecular weight is 734 g/mol. The van der Waals surface area contributed by atoms with Gasteiger partial charge in [0.1, 0.15) is 4.83 Å². The van der Waals surface area contributed by atoms with Crippen LogP contribution in [-0.2, 0) is 0 Å². The van der Waals surface area contributed by atoms with Crippen LogP contribution in [0.4, 0.5) is 0 Å². The molecule has 5 nitrogen and oxygen atoms in total. The molecule has 0 amide bonds. The number of pyridine rings is 1. The summed E-state index contributed by atoms with van der Waals surface area (Å²) in [5.74, 6) is 1.88. The molecule has 0 aliphatic heterocycles. The molecule has 0 aliphatic carbocycles. The molecular formula is C50H31N5S. The van der Waals surface area contributed by atoms with Crippen molar-refractivity contribution in [3.8, 4) is 62.2 Å². The maximum Gasteiger partial charge on any atom is 0.164 e. The van der Waals surface area contributed by atoms with Crippen LogP contribution < -0.4 is 0 Å². The fourth-order valence-electron chi connectivity index (χ4n) is 7.82. The Hall–Kier alpha value is -7.28. The second-order valence-corrected chi connectivity index (χ2v) is 14.8. The number of thiophene rings is 1. The minimum atomic E-state index is 0.619. The van der Waals surface area contributed by atoms with Crippen molar-refractivity contribution in [2.75, 3.05) is 0 Å². The summed E-state index contributed by atoms with van der Waals surface area (Å²) in [5, 5.41) is 4.86. The molecule has 0 bridgehead atoms. The SMILES string of the molecule is c1ccc(-c2ccc(-c3nc(-c4ccccc4)nc(-c4cccc(-n5c6ccccc6c6c7c(sc65)c(-c5ccccc5)nc5ccccc57)c4)n3)cc2)cc1. The minimum absolute atomic E-state index is 0.619. The molecule has 0 aliphatic rings. The van der Waals surface area contributed by atoms with Gasteiger partial charge in [-0.05, 0) is 35.4 Å². The Labute approximate surface area is 326 Å². The predicted octanol–water partition coefficient (Wildman–Crippen LogP) is 13.1. The Morgan fingerprint density at radius 3 is 1.61 bits per heavy atom. The van der Waals surface area contributed by atoms with Crippen LogP contribution in [0.2, 0.25) is 0 Å². The monoisotopic (exact) mass is 733 g/mol. The summed E-state index contributed by atoms with van der Waals surface area (Å²) >= 11 is 1.80. The highest BCUT2D eigenvalue weighted by atomic mass is 32.1. The number of benzene rings is 7. The van der Waals surface area contributed by atoms with Gasteiger partial charge in [0, 0.05) is 49.5 Å². The second kappa shape index (κ2) is 13.2. The van der Waals surface area contributed by atoms with Gasteiger partial charge in [0.15, 0.2) is 17.5 Å². The Bertz CT molecular complexity index is 3230. The summed E-state index contributed by atoms with van der Waals surface area (Å²) in [6, 6.07) is 65.3. The minimum Gasteiger partial charge on any atom is -0.301 e. The van der Waals surface area contributed by atoms with Crippen LogP contribution >= 0.6 is 11.3 Å². The summed E-state index contributed by atoms with van der Waals surface area (Å²) in [6.45, 7) is 0. The zero-order chi connectivity index (χ0) is 37.0. The molecule has 0 spiro atoms. The largest absolute Gasteiger partial charge is 0.301 e. The molecule has 6 heteroatoms. The standard InChI is InChI=1S/C50H31N5S/c1-4-15-32(16-5-1)33-27-29-36(30-28-33)48-52-47(35-19-8-3-9-20-35)53-49(54-48)37-21-14-22-38(31-37)55-42-26-13-11-24-40(42)44-43-39-23-10-12-25-41(39)51-45(46(43)56-50(44)55)34-17-6-2-7-18-34/h1-31H. The normalized spacial score (nSPS) is 11.6. The van der Waals surface area contributed by atoms with E-state index in [1.165, 1.54) is 31.3 Å². The highest BCUT2D eigenvalue weighted by molar-refractivity contribution is 7.26. The summed E-state index contributed by atoms with van der Waals surface area (Å²) in [4.78, 5) is 21.6. The van der Waals surface area contributed by atoms with Crippen molar-refractivity contribution in [3.05, 3.63) is 188 Å². The molecule has 0 unspecified atom stereocenters. The molecule has 0 fully saturated rings. The molecule has 262 valence electrons. The molecule has 0 radical (unpaired) electrons. The van der Waals surface area contributed by atoms with Crippen LogP contribution in [0.1, 0.15) is 0 Å². The van der Waals surface area contributed by atoms with Crippen molar-refractivity contribution >= 4 is 53.4 Å². The first-order chi connectivity index (χ1) is 27.8. The van der Waals surface area contributed by atoms with Crippen molar-refractivity contribution in [1.82, 2.24) is 24.5 Å². The zero-order valence-corrected chi connectivity index (χ0v) is 30.9. The van der Waals surface area contributed by atoms with Gasteiger partial charge in [-0.25, -0.2) is 19.9 Å². The van der Waals surface area contributed by atoms with Crippen molar-refractivity contribution in [3.63, 3.8) is 0 Å². The van der Waals surface area contributed by atoms with Gasteiger partial charge in [-0.1, -0.05) is 164 Å². The number of aromatic nitrogens is 5. The van der Waals surface area contributed by atoms with Crippen molar-refractivity contribution in [1.29, 1.82) is 0 Å². The molecule has 0 atom stereocenters. The molecule has 7 aromatic carbocycles. The lowest BCUT2D eigenvalue weighted by Crippen LogP contribution is -2.01. The molecule has 11 rings (SSSR count). The zero-order valence-electron chi connectivity index (χ0n) is 30.0. The van der Waals surface area contributed by atoms with E-state index in [9.17, 15) is 0 Å². The molecule has 0 saturated heterocycles. The van der Waals surface area contributed by atoms with E-state index < -0.39 is 0 Å². The van der Waals surface area contributed by atoms with Gasteiger partial charge in [0.05, 0.1) is 21.4 Å². The van der Waals surface area contributed by atoms with Gasteiger partial charge < -0.3 is 4.57 Å². The molecule has 11 aromatic rings. The Kier molecular flexibility index (Phi) is 7.60. The average Bonchev–Trinajstić information content (AvgIpc) is 3.82. The van der Waals surface area contributed by atoms with Crippen LogP contribution in [0, 0.1) is 0 Å². The number of hydrogen-bond donors (Lipinski definition) is 0. The summed E-state index contributed by atoms with van der Waals surface area (Å²) in [7, 11) is 0. The van der Waals surface area contributed by atoms with Gasteiger partial charge in [-0.15, -0.1) is 11.3 Å². The third-order valence-corrected chi connectivity index (χ3v) is 11.6. The highest BCUT2D eigenvalue weighted by Gasteiger charge is 2.23. The Morgan fingerprint density at radius 1 is 0.375 bits per heavy atom. The van der Waals surface area contributed by atoms with E-state index in [4.69, 9.17) is 19.9 Å². The van der Waals surface area contributed by atoms with E-state index in [0.29, 0.717) is 17.5 Å². The molecule has 4 aromatic heterocycles. The summed E-state index contributed by atoms with van der Waals surface area (Å²) in [6.07, 6.45) is 0. The molecule has 0 N–H and O–H groups in total. The summed E-state index contributed by atoms with van der Waals surface area (Å²) in [5.41, 5.74) is 10.4. The Morgan fingerprint density at radius 2 is 0.893 bits per heavy atom. The van der Waals surface area contributed by atoms with Crippen LogP contribution in [-0.4, -0.2) is 24.5 Å². The number of hydrogen-bond acceptors (Lipinski definition) is 5. The van der Waals surface area contributed by atoms with E-state index in [2.05, 4.69) is 156 Å². The highest BCUT2D eigenvalue weighted by Crippen LogP contribution is 2.47. The molecule has 4 heterocycles. The number of nitrogens with zero attached hydrogens (tertiary/aromatic N) is 5. The van der Waals surface area contributed by atoms with E-state index in [1.807, 2.05) is 36.4 Å². The van der Waals surface area contributed by atoms with E-state index in [0.717, 1.165) is 55.6 Å². The lowest BCUT2D eigenvalue weighted by molar-refractivity contribution is 1.07. The van der Waals surface area contributed by atoms with Crippen molar-refractivity contribution in [2.45, 2.75) is 0 Å². The maximum atomic E-state index is 5.25. The van der Waals surface area contributed by atoms with E-state index >= 15 is 0 Å². The van der Waals surface area contributed by atoms with Crippen molar-refractivity contribution in [2.24, 2.45) is 0 Å². The number of para-hydroxylation sites is 2. The fraction of sp³-hybridized carbons (Fsp3) is 0. The molecular weight excluding hydrogens is 703 g/mol. The quantitative estimate of drug-likeness (QED) is 0.171. The van der Waals surface area contributed by atoms with Gasteiger partial charge in [-0.2, -0.15) is 0 Å². The summed E-state index contributed by atoms with van der Waals surface area (Å²) < 4.78 is 3.58. The second-order valence-electron chi connectivity index (χ2n) is 13.8. The predicted molar refractivity (Wildman–Crippen MR) is 232 cm³/mol. The lowest BCUT2D eigenvalue weighted by atomic mass is 10.0. The molecule has 56 heavy (non-hydrogen) atoms. The van der Waals surface area contributed by atoms with Gasteiger partial charge >= 0.3 is 0 Å². The van der Waals surface area contributed by atoms with Gasteiger partial charge in [0.2, 0.25) is 0 Å².